The van der Waals surface area contributed by atoms with Crippen LogP contribution in [0.2, 0.25) is 0 Å². The Labute approximate surface area is 164 Å². The monoisotopic (exact) mass is 402 g/mol. The third-order valence-electron chi connectivity index (χ3n) is 3.48. The molecule has 0 nitrogen and oxygen atoms in total. The third kappa shape index (κ3) is 6.74. The summed E-state index contributed by atoms with van der Waals surface area (Å²) in [4.78, 5) is 0. The van der Waals surface area contributed by atoms with Gasteiger partial charge in [-0.25, -0.2) is 18.2 Å². The van der Waals surface area contributed by atoms with E-state index in [1.807, 2.05) is 30.3 Å². The van der Waals surface area contributed by atoms with Crippen molar-refractivity contribution in [2.45, 2.75) is 0 Å². The maximum absolute atomic E-state index is 2.26. The Morgan fingerprint density at radius 2 is 1.12 bits per heavy atom. The van der Waals surface area contributed by atoms with Crippen LogP contribution < -0.4 is 21.2 Å². The van der Waals surface area contributed by atoms with E-state index in [0.29, 0.717) is 0 Å². The minimum Gasteiger partial charge on any atom is -0.214 e. The number of benzene rings is 2. The zero-order valence-electron chi connectivity index (χ0n) is 13.7. The molecule has 0 saturated carbocycles. The molecule has 0 saturated heterocycles. The van der Waals surface area contributed by atoms with Gasteiger partial charge in [-0.15, -0.1) is 13.9 Å². The quantitative estimate of drug-likeness (QED) is 0.274. The molecule has 0 spiro atoms. The van der Waals surface area contributed by atoms with Gasteiger partial charge in [0.15, 0.2) is 0 Å². The molecule has 0 aromatic heterocycles. The smallest absolute Gasteiger partial charge is 0.214 e. The zero-order valence-corrected chi connectivity index (χ0v) is 16.9. The van der Waals surface area contributed by atoms with Gasteiger partial charge >= 0.3 is 17.1 Å². The molecule has 0 heterocycles. The molecule has 2 atom stereocenters. The van der Waals surface area contributed by atoms with E-state index in [0.717, 1.165) is 17.2 Å². The fourth-order valence-electron chi connectivity index (χ4n) is 2.31. The van der Waals surface area contributed by atoms with E-state index in [1.54, 1.807) is 0 Å². The molecule has 0 aliphatic carbocycles. The SMILES string of the molecule is [Fe+2].c1cc[cH-]c1.c1ccc(Pc2cc[cH-]c2Pc2ccccc2)cc1. The van der Waals surface area contributed by atoms with Crippen LogP contribution in [0.1, 0.15) is 0 Å². The maximum Gasteiger partial charge on any atom is 2.00 e. The fraction of sp³-hybridized carbons (Fsp3) is 0. The van der Waals surface area contributed by atoms with Crippen molar-refractivity contribution < 1.29 is 17.1 Å². The van der Waals surface area contributed by atoms with E-state index in [9.17, 15) is 0 Å². The van der Waals surface area contributed by atoms with Crippen molar-refractivity contribution in [3.63, 3.8) is 0 Å². The largest absolute Gasteiger partial charge is 2.00 e. The first-order chi connectivity index (χ1) is 11.9. The molecular weight excluding hydrogens is 382 g/mol. The van der Waals surface area contributed by atoms with Gasteiger partial charge < -0.3 is 0 Å². The summed E-state index contributed by atoms with van der Waals surface area (Å²) in [7, 11) is 1.52. The van der Waals surface area contributed by atoms with Gasteiger partial charge in [0.1, 0.15) is 0 Å². The van der Waals surface area contributed by atoms with Gasteiger partial charge in [-0.3, -0.25) is 0 Å². The van der Waals surface area contributed by atoms with E-state index in [4.69, 9.17) is 0 Å². The summed E-state index contributed by atoms with van der Waals surface area (Å²) in [5.74, 6) is 0. The molecular formula is C22H20FeP2. The first-order valence-corrected chi connectivity index (χ1v) is 9.98. The van der Waals surface area contributed by atoms with E-state index in [-0.39, 0.29) is 17.1 Å². The molecule has 0 amide bonds. The van der Waals surface area contributed by atoms with Crippen LogP contribution in [0.5, 0.6) is 0 Å². The van der Waals surface area contributed by atoms with Crippen LogP contribution in [0.4, 0.5) is 0 Å². The number of rotatable bonds is 4. The van der Waals surface area contributed by atoms with Crippen LogP contribution in [-0.4, -0.2) is 0 Å². The predicted molar refractivity (Wildman–Crippen MR) is 112 cm³/mol. The van der Waals surface area contributed by atoms with Crippen molar-refractivity contribution >= 4 is 38.4 Å². The zero-order chi connectivity index (χ0) is 16.5. The van der Waals surface area contributed by atoms with Gasteiger partial charge in [0.05, 0.1) is 0 Å². The van der Waals surface area contributed by atoms with Crippen LogP contribution in [0.15, 0.2) is 109 Å². The van der Waals surface area contributed by atoms with E-state index in [2.05, 4.69) is 78.9 Å². The minimum absolute atomic E-state index is 0. The van der Waals surface area contributed by atoms with Gasteiger partial charge in [-0.05, 0) is 10.6 Å². The van der Waals surface area contributed by atoms with Gasteiger partial charge in [-0.2, -0.15) is 35.6 Å². The average molecular weight is 402 g/mol. The first kappa shape index (κ1) is 19.8. The van der Waals surface area contributed by atoms with Crippen LogP contribution in [0.3, 0.4) is 0 Å². The Morgan fingerprint density at radius 1 is 0.560 bits per heavy atom. The summed E-state index contributed by atoms with van der Waals surface area (Å²) >= 11 is 0. The van der Waals surface area contributed by atoms with Gasteiger partial charge in [0.2, 0.25) is 0 Å². The summed E-state index contributed by atoms with van der Waals surface area (Å²) in [6.45, 7) is 0. The molecule has 3 heteroatoms. The Hall–Kier alpha value is -1.48. The minimum atomic E-state index is 0. The number of hydrogen-bond donors (Lipinski definition) is 0. The van der Waals surface area contributed by atoms with Crippen LogP contribution in [-0.2, 0) is 17.1 Å². The summed E-state index contributed by atoms with van der Waals surface area (Å²) in [5, 5.41) is 5.78. The first-order valence-electron chi connectivity index (χ1n) is 7.98. The van der Waals surface area contributed by atoms with Gasteiger partial charge in [0, 0.05) is 0 Å². The topological polar surface area (TPSA) is 0 Å². The van der Waals surface area contributed by atoms with E-state index < -0.39 is 0 Å². The molecule has 0 aliphatic rings. The van der Waals surface area contributed by atoms with Crippen molar-refractivity contribution in [2.24, 2.45) is 0 Å². The summed E-state index contributed by atoms with van der Waals surface area (Å²) < 4.78 is 0. The van der Waals surface area contributed by atoms with Crippen molar-refractivity contribution in [3.8, 4) is 0 Å². The molecule has 0 N–H and O–H groups in total. The molecule has 0 radical (unpaired) electrons. The van der Waals surface area contributed by atoms with Crippen molar-refractivity contribution in [1.29, 1.82) is 0 Å². The molecule has 0 fully saturated rings. The summed E-state index contributed by atoms with van der Waals surface area (Å²) in [5.41, 5.74) is 0. The molecule has 0 aliphatic heterocycles. The second-order valence-electron chi connectivity index (χ2n) is 5.30. The summed E-state index contributed by atoms with van der Waals surface area (Å²) in [6, 6.07) is 38.1. The van der Waals surface area contributed by atoms with Crippen molar-refractivity contribution in [2.75, 3.05) is 0 Å². The van der Waals surface area contributed by atoms with Crippen molar-refractivity contribution in [1.82, 2.24) is 0 Å². The molecule has 4 aromatic rings. The van der Waals surface area contributed by atoms with Crippen LogP contribution >= 0.6 is 17.2 Å². The van der Waals surface area contributed by atoms with Crippen LogP contribution in [0, 0.1) is 0 Å². The fourth-order valence-corrected chi connectivity index (χ4v) is 4.82. The van der Waals surface area contributed by atoms with Crippen LogP contribution in [0.25, 0.3) is 0 Å². The second-order valence-corrected chi connectivity index (χ2v) is 8.03. The van der Waals surface area contributed by atoms with E-state index >= 15 is 0 Å². The average Bonchev–Trinajstić information content (AvgIpc) is 3.33. The van der Waals surface area contributed by atoms with Gasteiger partial charge in [-0.1, -0.05) is 69.2 Å². The van der Waals surface area contributed by atoms with Gasteiger partial charge in [0.25, 0.3) is 0 Å². The predicted octanol–water partition coefficient (Wildman–Crippen LogP) is 4.07. The third-order valence-corrected chi connectivity index (χ3v) is 6.38. The molecule has 2 unspecified atom stereocenters. The molecule has 4 rings (SSSR count). The summed E-state index contributed by atoms with van der Waals surface area (Å²) in [6.07, 6.45) is 0. The Balaban J connectivity index is 0.000000325. The molecule has 4 aromatic carbocycles. The van der Waals surface area contributed by atoms with Crippen molar-refractivity contribution in [3.05, 3.63) is 109 Å². The Morgan fingerprint density at radius 3 is 1.64 bits per heavy atom. The Kier molecular flexibility index (Phi) is 8.88. The second kappa shape index (κ2) is 11.2. The van der Waals surface area contributed by atoms with E-state index in [1.165, 1.54) is 21.2 Å². The molecule has 25 heavy (non-hydrogen) atoms. The maximum atomic E-state index is 2.26. The number of hydrogen-bond acceptors (Lipinski definition) is 0. The normalized spacial score (nSPS) is 10.6. The molecule has 126 valence electrons. The Bertz CT molecular complexity index is 732. The molecule has 0 bridgehead atoms. The standard InChI is InChI=1S/C17H15P2.C5H5.Fe/c1-3-8-14(9-4-1)18-16-12-7-13-17(16)19-15-10-5-2-6-11-15;1-2-4-5-3-1;/h1-13,18-19H;1-5H;/q2*-1;+2.